The van der Waals surface area contributed by atoms with Gasteiger partial charge in [-0.15, -0.1) is 0 Å². The molecule has 3 amide bonds. The molecule has 0 aliphatic carbocycles. The molecular weight excluding hydrogens is 737 g/mol. The third kappa shape index (κ3) is 7.52. The van der Waals surface area contributed by atoms with Gasteiger partial charge in [-0.25, -0.2) is 14.6 Å². The first-order chi connectivity index (χ1) is 27.7. The maximum absolute atomic E-state index is 13.8. The molecule has 2 fully saturated rings. The minimum Gasteiger partial charge on any atom is -0.488 e. The molecule has 0 radical (unpaired) electrons. The van der Waals surface area contributed by atoms with Crippen molar-refractivity contribution in [3.63, 3.8) is 0 Å². The molecular formula is C45H54N6O7. The van der Waals surface area contributed by atoms with Crippen LogP contribution in [-0.2, 0) is 32.0 Å². The van der Waals surface area contributed by atoms with E-state index in [0.29, 0.717) is 32.7 Å². The van der Waals surface area contributed by atoms with Crippen LogP contribution >= 0.6 is 0 Å². The summed E-state index contributed by atoms with van der Waals surface area (Å²) in [6.45, 7) is 13.8. The summed E-state index contributed by atoms with van der Waals surface area (Å²) in [7, 11) is 3.00. The first kappa shape index (κ1) is 39.4. The lowest BCUT2D eigenvalue weighted by atomic mass is 9.90. The van der Waals surface area contributed by atoms with Gasteiger partial charge in [0, 0.05) is 43.8 Å². The van der Waals surface area contributed by atoms with E-state index in [0.717, 1.165) is 80.1 Å². The molecule has 58 heavy (non-hydrogen) atoms. The van der Waals surface area contributed by atoms with Crippen LogP contribution in [0, 0.1) is 17.8 Å². The average Bonchev–Trinajstić information content (AvgIpc) is 4.00. The van der Waals surface area contributed by atoms with Crippen LogP contribution in [0.25, 0.3) is 33.2 Å². The molecule has 0 unspecified atom stereocenters. The van der Waals surface area contributed by atoms with Gasteiger partial charge in [-0.1, -0.05) is 39.0 Å². The van der Waals surface area contributed by atoms with Crippen molar-refractivity contribution in [1.29, 1.82) is 0 Å². The Labute approximate surface area is 339 Å². The molecule has 2 N–H and O–H groups in total. The van der Waals surface area contributed by atoms with E-state index in [1.807, 2.05) is 50.6 Å². The van der Waals surface area contributed by atoms with Gasteiger partial charge in [0.2, 0.25) is 5.91 Å². The SMILES string of the molecule is COC[C@H]1C[C@@H](C2=Nc3ccc4cc5c(cc4c3C2)OCc2cc(-c3cnc([C@@H]4C[C@H](C)CN4C(=O)[C@@H](NC(=O)OC)C(C)C)[nH]3)ccc2-5)N(C(=O)OC(C)(C)C)C1. The van der Waals surface area contributed by atoms with Crippen molar-refractivity contribution in [1.82, 2.24) is 25.1 Å². The minimum absolute atomic E-state index is 0.117. The number of carbonyl (C=O) groups is 3. The van der Waals surface area contributed by atoms with Gasteiger partial charge >= 0.3 is 12.2 Å². The number of nitrogens with zero attached hydrogens (tertiary/aromatic N) is 4. The largest absolute Gasteiger partial charge is 0.488 e. The van der Waals surface area contributed by atoms with Crippen LogP contribution in [0.1, 0.15) is 77.4 Å². The van der Waals surface area contributed by atoms with E-state index < -0.39 is 17.7 Å². The van der Waals surface area contributed by atoms with Crippen molar-refractivity contribution in [3.8, 4) is 28.1 Å². The third-order valence-electron chi connectivity index (χ3n) is 11.8. The van der Waals surface area contributed by atoms with Crippen molar-refractivity contribution in [2.45, 2.75) is 91.1 Å². The van der Waals surface area contributed by atoms with Gasteiger partial charge in [-0.3, -0.25) is 14.7 Å². The van der Waals surface area contributed by atoms with E-state index in [9.17, 15) is 14.4 Å². The fourth-order valence-corrected chi connectivity index (χ4v) is 9.09. The van der Waals surface area contributed by atoms with E-state index in [2.05, 4.69) is 59.7 Å². The number of hydrogen-bond acceptors (Lipinski definition) is 9. The summed E-state index contributed by atoms with van der Waals surface area (Å²) in [5, 5.41) is 4.93. The number of rotatable bonds is 8. The smallest absolute Gasteiger partial charge is 0.410 e. The topological polar surface area (TPSA) is 148 Å². The molecule has 5 atom stereocenters. The van der Waals surface area contributed by atoms with Crippen molar-refractivity contribution in [2.24, 2.45) is 22.7 Å². The van der Waals surface area contributed by atoms with Crippen molar-refractivity contribution in [3.05, 3.63) is 65.6 Å². The molecule has 8 rings (SSSR count). The van der Waals surface area contributed by atoms with Gasteiger partial charge in [0.1, 0.15) is 29.8 Å². The number of methoxy groups -OCH3 is 2. The highest BCUT2D eigenvalue weighted by atomic mass is 16.6. The molecule has 0 bridgehead atoms. The van der Waals surface area contributed by atoms with Gasteiger partial charge in [-0.2, -0.15) is 0 Å². The number of aromatic nitrogens is 2. The lowest BCUT2D eigenvalue weighted by molar-refractivity contribution is -0.135. The second-order valence-corrected chi connectivity index (χ2v) is 17.7. The average molecular weight is 791 g/mol. The third-order valence-corrected chi connectivity index (χ3v) is 11.8. The number of aliphatic imine (C=N–C) groups is 1. The van der Waals surface area contributed by atoms with E-state index >= 15 is 0 Å². The van der Waals surface area contributed by atoms with E-state index in [4.69, 9.17) is 28.9 Å². The lowest BCUT2D eigenvalue weighted by Crippen LogP contribution is -2.51. The number of likely N-dealkylation sites (tertiary alicyclic amines) is 2. The van der Waals surface area contributed by atoms with Crippen molar-refractivity contribution >= 4 is 40.3 Å². The number of H-pyrrole nitrogens is 1. The fourth-order valence-electron chi connectivity index (χ4n) is 9.09. The molecule has 0 saturated carbocycles. The van der Waals surface area contributed by atoms with Crippen LogP contribution in [0.2, 0.25) is 0 Å². The van der Waals surface area contributed by atoms with Crippen LogP contribution < -0.4 is 10.1 Å². The highest BCUT2D eigenvalue weighted by Gasteiger charge is 2.42. The molecule has 1 aromatic heterocycles. The van der Waals surface area contributed by atoms with Crippen molar-refractivity contribution < 1.29 is 33.3 Å². The molecule has 306 valence electrons. The molecule has 3 aromatic carbocycles. The number of imidazole rings is 1. The first-order valence-corrected chi connectivity index (χ1v) is 20.3. The van der Waals surface area contributed by atoms with Crippen LogP contribution in [0.3, 0.4) is 0 Å². The van der Waals surface area contributed by atoms with Crippen LogP contribution in [-0.4, -0.2) is 95.2 Å². The normalized spacial score (nSPS) is 21.6. The highest BCUT2D eigenvalue weighted by Crippen LogP contribution is 2.45. The Morgan fingerprint density at radius 3 is 2.55 bits per heavy atom. The number of nitrogens with one attached hydrogen (secondary N) is 2. The Bertz CT molecular complexity index is 2290. The molecule has 13 heteroatoms. The quantitative estimate of drug-likeness (QED) is 0.183. The summed E-state index contributed by atoms with van der Waals surface area (Å²) < 4.78 is 22.6. The van der Waals surface area contributed by atoms with E-state index in [-0.39, 0.29) is 41.8 Å². The second kappa shape index (κ2) is 15.4. The van der Waals surface area contributed by atoms with Crippen LogP contribution in [0.15, 0.2) is 53.7 Å². The maximum Gasteiger partial charge on any atom is 0.410 e. The molecule has 4 aliphatic heterocycles. The van der Waals surface area contributed by atoms with E-state index in [1.54, 1.807) is 7.11 Å². The van der Waals surface area contributed by atoms with Crippen molar-refractivity contribution in [2.75, 3.05) is 33.9 Å². The number of benzene rings is 3. The summed E-state index contributed by atoms with van der Waals surface area (Å²) >= 11 is 0. The van der Waals surface area contributed by atoms with E-state index in [1.165, 1.54) is 7.11 Å². The molecule has 0 spiro atoms. The predicted octanol–water partition coefficient (Wildman–Crippen LogP) is 7.98. The predicted molar refractivity (Wildman–Crippen MR) is 221 cm³/mol. The first-order valence-electron chi connectivity index (χ1n) is 20.3. The zero-order valence-electron chi connectivity index (χ0n) is 34.7. The number of fused-ring (bicyclic) bond motifs is 6. The lowest BCUT2D eigenvalue weighted by Gasteiger charge is -2.30. The van der Waals surface area contributed by atoms with Gasteiger partial charge in [0.25, 0.3) is 0 Å². The molecule has 4 aromatic rings. The van der Waals surface area contributed by atoms with Crippen LogP contribution in [0.5, 0.6) is 5.75 Å². The summed E-state index contributed by atoms with van der Waals surface area (Å²) in [5.74, 6) is 1.78. The zero-order chi connectivity index (χ0) is 41.0. The minimum atomic E-state index is -0.704. The summed E-state index contributed by atoms with van der Waals surface area (Å²) in [6.07, 6.45) is 3.08. The number of aromatic amines is 1. The second-order valence-electron chi connectivity index (χ2n) is 17.7. The Hall–Kier alpha value is -5.43. The summed E-state index contributed by atoms with van der Waals surface area (Å²) in [4.78, 5) is 56.3. The zero-order valence-corrected chi connectivity index (χ0v) is 34.7. The molecule has 2 saturated heterocycles. The monoisotopic (exact) mass is 790 g/mol. The standard InChI is InChI=1S/C45H54N6O7/c1-24(2)40(49-43(53)56-8)42(52)50-20-25(3)13-38(50)41-46-19-36(48-41)28-9-11-30-29(15-28)23-57-39-18-31-27(16-33(30)39)10-12-34-32(31)17-35(47-34)37-14-26(22-55-7)21-51(37)44(54)58-45(4,5)6/h9-12,15-16,18-19,24-26,37-38,40H,13-14,17,20-23H2,1-8H3,(H,46,48)(H,49,53)/t25-,26-,37-,38-,40-/m0/s1. The Kier molecular flexibility index (Phi) is 10.5. The molecule has 13 nitrogen and oxygen atoms in total. The summed E-state index contributed by atoms with van der Waals surface area (Å²) in [5.41, 5.74) is 7.51. The van der Waals surface area contributed by atoms with Crippen LogP contribution in [0.4, 0.5) is 15.3 Å². The fraction of sp³-hybridized carbons (Fsp3) is 0.489. The molecule has 5 heterocycles. The summed E-state index contributed by atoms with van der Waals surface area (Å²) in [6, 6.07) is 13.8. The number of ether oxygens (including phenoxy) is 4. The van der Waals surface area contributed by atoms with Gasteiger partial charge in [0.05, 0.1) is 43.4 Å². The number of carbonyl (C=O) groups excluding carboxylic acids is 3. The Morgan fingerprint density at radius 2 is 1.81 bits per heavy atom. The van der Waals surface area contributed by atoms with Gasteiger partial charge in [-0.05, 0) is 103 Å². The number of alkyl carbamates (subject to hydrolysis) is 1. The Balaban J connectivity index is 1.02. The Morgan fingerprint density at radius 1 is 1.00 bits per heavy atom. The van der Waals surface area contributed by atoms with Gasteiger partial charge < -0.3 is 34.1 Å². The van der Waals surface area contributed by atoms with Gasteiger partial charge in [0.15, 0.2) is 0 Å². The number of amides is 3. The maximum atomic E-state index is 13.8. The number of hydrogen-bond donors (Lipinski definition) is 2. The molecule has 4 aliphatic rings. The highest BCUT2D eigenvalue weighted by molar-refractivity contribution is 6.06.